The van der Waals surface area contributed by atoms with Crippen LogP contribution in [0.3, 0.4) is 0 Å². The Morgan fingerprint density at radius 1 is 1.20 bits per heavy atom. The number of rotatable bonds is 7. The largest absolute Gasteiger partial charge is 0.481 e. The highest BCUT2D eigenvalue weighted by atomic mass is 16.4. The van der Waals surface area contributed by atoms with E-state index in [2.05, 4.69) is 5.32 Å². The summed E-state index contributed by atoms with van der Waals surface area (Å²) < 4.78 is 0. The molecule has 0 heterocycles. The summed E-state index contributed by atoms with van der Waals surface area (Å²) in [5, 5.41) is 12.4. The van der Waals surface area contributed by atoms with Crippen LogP contribution in [-0.2, 0) is 9.59 Å². The van der Waals surface area contributed by atoms with Crippen molar-refractivity contribution in [1.29, 1.82) is 0 Å². The maximum atomic E-state index is 12.2. The van der Waals surface area contributed by atoms with Crippen molar-refractivity contribution < 1.29 is 14.7 Å². The first-order valence-electron chi connectivity index (χ1n) is 7.98. The first kappa shape index (κ1) is 17.0. The van der Waals surface area contributed by atoms with Crippen molar-refractivity contribution in [2.24, 2.45) is 11.3 Å². The molecule has 1 fully saturated rings. The van der Waals surface area contributed by atoms with Crippen LogP contribution in [0.2, 0.25) is 0 Å². The van der Waals surface area contributed by atoms with Gasteiger partial charge in [0.1, 0.15) is 0 Å². The van der Waals surface area contributed by atoms with Crippen molar-refractivity contribution in [2.75, 3.05) is 0 Å². The Morgan fingerprint density at radius 2 is 1.75 bits per heavy atom. The molecule has 0 unspecified atom stereocenters. The van der Waals surface area contributed by atoms with Gasteiger partial charge in [0.2, 0.25) is 5.91 Å². The Balaban J connectivity index is 2.54. The molecule has 0 aromatic rings. The molecular weight excluding hydrogens is 254 g/mol. The number of hydrogen-bond acceptors (Lipinski definition) is 2. The van der Waals surface area contributed by atoms with Crippen LogP contribution in [0.4, 0.5) is 0 Å². The number of amides is 1. The van der Waals surface area contributed by atoms with Crippen LogP contribution in [0.15, 0.2) is 0 Å². The van der Waals surface area contributed by atoms with Crippen LogP contribution in [0.1, 0.15) is 72.1 Å². The van der Waals surface area contributed by atoms with Crippen LogP contribution >= 0.6 is 0 Å². The van der Waals surface area contributed by atoms with E-state index in [1.807, 2.05) is 20.8 Å². The molecule has 1 saturated carbocycles. The zero-order valence-electron chi connectivity index (χ0n) is 13.1. The first-order chi connectivity index (χ1) is 9.45. The smallest absolute Gasteiger partial charge is 0.310 e. The predicted octanol–water partition coefficient (Wildman–Crippen LogP) is 3.35. The Hall–Kier alpha value is -1.06. The van der Waals surface area contributed by atoms with Crippen LogP contribution in [-0.4, -0.2) is 23.0 Å². The molecule has 4 heteroatoms. The predicted molar refractivity (Wildman–Crippen MR) is 79.4 cm³/mol. The molecule has 1 atom stereocenters. The molecule has 0 aromatic carbocycles. The summed E-state index contributed by atoms with van der Waals surface area (Å²) in [6.45, 7) is 5.74. The van der Waals surface area contributed by atoms with Crippen molar-refractivity contribution >= 4 is 11.9 Å². The molecule has 0 saturated heterocycles. The summed E-state index contributed by atoms with van der Waals surface area (Å²) in [4.78, 5) is 23.6. The third kappa shape index (κ3) is 4.22. The van der Waals surface area contributed by atoms with Gasteiger partial charge in [-0.25, -0.2) is 0 Å². The fraction of sp³-hybridized carbons (Fsp3) is 0.875. The summed E-state index contributed by atoms with van der Waals surface area (Å²) in [5.74, 6) is -0.424. The van der Waals surface area contributed by atoms with Crippen molar-refractivity contribution in [3.05, 3.63) is 0 Å². The molecule has 1 amide bonds. The Labute approximate surface area is 122 Å². The maximum Gasteiger partial charge on any atom is 0.310 e. The van der Waals surface area contributed by atoms with Crippen LogP contribution in [0, 0.1) is 11.3 Å². The van der Waals surface area contributed by atoms with E-state index in [0.717, 1.165) is 0 Å². The number of carbonyl (C=O) groups is 2. The second-order valence-corrected chi connectivity index (χ2v) is 6.22. The van der Waals surface area contributed by atoms with Gasteiger partial charge in [-0.3, -0.25) is 9.59 Å². The lowest BCUT2D eigenvalue weighted by Crippen LogP contribution is -2.43. The maximum absolute atomic E-state index is 12.2. The first-order valence-corrected chi connectivity index (χ1v) is 7.98. The van der Waals surface area contributed by atoms with E-state index in [9.17, 15) is 14.7 Å². The zero-order chi connectivity index (χ0) is 15.2. The van der Waals surface area contributed by atoms with Crippen molar-refractivity contribution in [1.82, 2.24) is 5.32 Å². The normalized spacial score (nSPS) is 18.6. The summed E-state index contributed by atoms with van der Waals surface area (Å²) in [7, 11) is 0. The zero-order valence-corrected chi connectivity index (χ0v) is 13.1. The summed E-state index contributed by atoms with van der Waals surface area (Å²) >= 11 is 0. The van der Waals surface area contributed by atoms with E-state index < -0.39 is 11.4 Å². The topological polar surface area (TPSA) is 66.4 Å². The number of carboxylic acids is 1. The van der Waals surface area contributed by atoms with E-state index in [0.29, 0.717) is 18.8 Å². The molecule has 2 N–H and O–H groups in total. The number of nitrogens with one attached hydrogen (secondary N) is 1. The molecule has 20 heavy (non-hydrogen) atoms. The van der Waals surface area contributed by atoms with Gasteiger partial charge in [0.05, 0.1) is 5.41 Å². The Kier molecular flexibility index (Phi) is 6.50. The minimum Gasteiger partial charge on any atom is -0.481 e. The highest BCUT2D eigenvalue weighted by Crippen LogP contribution is 2.31. The van der Waals surface area contributed by atoms with Gasteiger partial charge >= 0.3 is 5.97 Å². The molecule has 1 rings (SSSR count). The number of aliphatic carboxylic acids is 1. The highest BCUT2D eigenvalue weighted by Gasteiger charge is 2.37. The van der Waals surface area contributed by atoms with E-state index in [-0.39, 0.29) is 18.4 Å². The molecule has 4 nitrogen and oxygen atoms in total. The lowest BCUT2D eigenvalue weighted by molar-refractivity contribution is -0.152. The molecule has 0 spiro atoms. The van der Waals surface area contributed by atoms with E-state index >= 15 is 0 Å². The number of carbonyl (C=O) groups excluding carboxylic acids is 1. The lowest BCUT2D eigenvalue weighted by atomic mass is 9.78. The monoisotopic (exact) mass is 283 g/mol. The van der Waals surface area contributed by atoms with Gasteiger partial charge in [-0.05, 0) is 38.5 Å². The molecular formula is C16H29NO3. The van der Waals surface area contributed by atoms with Gasteiger partial charge in [0.15, 0.2) is 0 Å². The Morgan fingerprint density at radius 3 is 2.20 bits per heavy atom. The fourth-order valence-electron chi connectivity index (χ4n) is 3.24. The second kappa shape index (κ2) is 7.65. The van der Waals surface area contributed by atoms with Gasteiger partial charge in [-0.15, -0.1) is 0 Å². The van der Waals surface area contributed by atoms with Crippen molar-refractivity contribution in [3.63, 3.8) is 0 Å². The van der Waals surface area contributed by atoms with Gasteiger partial charge in [-0.2, -0.15) is 0 Å². The number of hydrogen-bond donors (Lipinski definition) is 2. The molecule has 0 radical (unpaired) electrons. The molecule has 0 aromatic heterocycles. The van der Waals surface area contributed by atoms with Gasteiger partial charge in [0.25, 0.3) is 0 Å². The SMILES string of the molecule is CCC(CC)(CC(=O)N[C@@H](C)C1CCCCC1)C(=O)O. The minimum atomic E-state index is -0.906. The summed E-state index contributed by atoms with van der Waals surface area (Å²) in [6.07, 6.45) is 7.20. The standard InChI is InChI=1S/C16H29NO3/c1-4-16(5-2,15(19)20)11-14(18)17-12(3)13-9-7-6-8-10-13/h12-13H,4-11H2,1-3H3,(H,17,18)(H,19,20)/t12-/m0/s1. The molecule has 0 aliphatic heterocycles. The van der Waals surface area contributed by atoms with Crippen molar-refractivity contribution in [3.8, 4) is 0 Å². The van der Waals surface area contributed by atoms with E-state index in [1.54, 1.807) is 0 Å². The molecule has 1 aliphatic rings. The molecule has 116 valence electrons. The average molecular weight is 283 g/mol. The fourth-order valence-corrected chi connectivity index (χ4v) is 3.24. The minimum absolute atomic E-state index is 0.0897. The average Bonchev–Trinajstić information content (AvgIpc) is 2.45. The second-order valence-electron chi connectivity index (χ2n) is 6.22. The Bertz CT molecular complexity index is 331. The molecule has 0 bridgehead atoms. The van der Waals surface area contributed by atoms with E-state index in [4.69, 9.17) is 0 Å². The van der Waals surface area contributed by atoms with Crippen LogP contribution in [0.25, 0.3) is 0 Å². The summed E-state index contributed by atoms with van der Waals surface area (Å²) in [5.41, 5.74) is -0.906. The third-order valence-electron chi connectivity index (χ3n) is 5.05. The lowest BCUT2D eigenvalue weighted by Gasteiger charge is -2.30. The molecule has 1 aliphatic carbocycles. The number of carboxylic acid groups (broad SMARTS) is 1. The van der Waals surface area contributed by atoms with Gasteiger partial charge < -0.3 is 10.4 Å². The van der Waals surface area contributed by atoms with Gasteiger partial charge in [-0.1, -0.05) is 33.1 Å². The van der Waals surface area contributed by atoms with E-state index in [1.165, 1.54) is 32.1 Å². The van der Waals surface area contributed by atoms with Crippen LogP contribution < -0.4 is 5.32 Å². The van der Waals surface area contributed by atoms with Gasteiger partial charge in [0, 0.05) is 12.5 Å². The van der Waals surface area contributed by atoms with Crippen LogP contribution in [0.5, 0.6) is 0 Å². The summed E-state index contributed by atoms with van der Waals surface area (Å²) in [6, 6.07) is 0.156. The third-order valence-corrected chi connectivity index (χ3v) is 5.05. The van der Waals surface area contributed by atoms with Crippen molar-refractivity contribution in [2.45, 2.75) is 78.2 Å². The highest BCUT2D eigenvalue weighted by molar-refractivity contribution is 5.85. The quantitative estimate of drug-likeness (QED) is 0.753.